The van der Waals surface area contributed by atoms with Crippen molar-refractivity contribution < 1.29 is 19.0 Å². The minimum atomic E-state index is -0.645. The molecule has 1 N–H and O–H groups in total. The highest BCUT2D eigenvalue weighted by atomic mass is 16.5. The number of hydrogen-bond donors (Lipinski definition) is 1. The van der Waals surface area contributed by atoms with Gasteiger partial charge in [0, 0.05) is 45.9 Å². The molecule has 1 aromatic carbocycles. The molecule has 7 heteroatoms. The molecule has 2 heterocycles. The molecule has 0 aliphatic carbocycles. The van der Waals surface area contributed by atoms with Crippen molar-refractivity contribution in [3.05, 3.63) is 23.8 Å². The zero-order valence-corrected chi connectivity index (χ0v) is 16.6. The number of piperazine rings is 1. The van der Waals surface area contributed by atoms with Crippen LogP contribution in [-0.4, -0.2) is 81.9 Å². The van der Waals surface area contributed by atoms with E-state index in [1.165, 1.54) is 0 Å². The molecule has 0 radical (unpaired) electrons. The molecule has 0 unspecified atom stereocenters. The van der Waals surface area contributed by atoms with Gasteiger partial charge >= 0.3 is 0 Å². The van der Waals surface area contributed by atoms with Crippen LogP contribution in [-0.2, 0) is 16.1 Å². The van der Waals surface area contributed by atoms with Crippen LogP contribution in [0.3, 0.4) is 0 Å². The lowest BCUT2D eigenvalue weighted by Gasteiger charge is -2.42. The summed E-state index contributed by atoms with van der Waals surface area (Å²) in [5, 5.41) is 3.31. The van der Waals surface area contributed by atoms with Gasteiger partial charge in [0.25, 0.3) is 5.91 Å². The van der Waals surface area contributed by atoms with E-state index in [9.17, 15) is 4.79 Å². The lowest BCUT2D eigenvalue weighted by molar-refractivity contribution is -0.160. The number of methoxy groups -OCH3 is 3. The summed E-state index contributed by atoms with van der Waals surface area (Å²) in [5.41, 5.74) is 0.505. The van der Waals surface area contributed by atoms with Crippen LogP contribution in [0, 0.1) is 0 Å². The molecule has 1 aromatic rings. The fourth-order valence-electron chi connectivity index (χ4n) is 3.95. The van der Waals surface area contributed by atoms with Gasteiger partial charge in [-0.3, -0.25) is 9.69 Å². The SMILES string of the molecule is COc1cc(CN2CCN(C(=O)C3(OC)CCNCC3)CC2)cc(OC)c1. The van der Waals surface area contributed by atoms with Gasteiger partial charge in [-0.25, -0.2) is 0 Å². The van der Waals surface area contributed by atoms with Gasteiger partial charge in [-0.05, 0) is 43.6 Å². The molecule has 1 amide bonds. The number of carbonyl (C=O) groups excluding carboxylic acids is 1. The van der Waals surface area contributed by atoms with Crippen LogP contribution in [0.2, 0.25) is 0 Å². The molecule has 0 saturated carbocycles. The Hall–Kier alpha value is -1.83. The summed E-state index contributed by atoms with van der Waals surface area (Å²) < 4.78 is 16.4. The van der Waals surface area contributed by atoms with Crippen LogP contribution in [0.25, 0.3) is 0 Å². The number of benzene rings is 1. The number of ether oxygens (including phenoxy) is 3. The first kappa shape index (κ1) is 19.9. The number of rotatable bonds is 6. The van der Waals surface area contributed by atoms with Gasteiger partial charge in [0.05, 0.1) is 14.2 Å². The van der Waals surface area contributed by atoms with E-state index in [4.69, 9.17) is 14.2 Å². The summed E-state index contributed by atoms with van der Waals surface area (Å²) in [4.78, 5) is 17.4. The maximum Gasteiger partial charge on any atom is 0.254 e. The number of amides is 1. The molecule has 2 fully saturated rings. The average molecular weight is 377 g/mol. The molecule has 0 bridgehead atoms. The fourth-order valence-corrected chi connectivity index (χ4v) is 3.95. The highest BCUT2D eigenvalue weighted by molar-refractivity contribution is 5.85. The third-order valence-electron chi connectivity index (χ3n) is 5.67. The van der Waals surface area contributed by atoms with Crippen molar-refractivity contribution in [2.75, 3.05) is 60.6 Å². The molecule has 0 spiro atoms. The minimum Gasteiger partial charge on any atom is -0.497 e. The van der Waals surface area contributed by atoms with E-state index in [1.54, 1.807) is 21.3 Å². The van der Waals surface area contributed by atoms with Gasteiger partial charge in [0.15, 0.2) is 0 Å². The first-order chi connectivity index (χ1) is 13.1. The number of piperidine rings is 1. The molecule has 7 nitrogen and oxygen atoms in total. The minimum absolute atomic E-state index is 0.147. The molecule has 2 aliphatic rings. The van der Waals surface area contributed by atoms with Gasteiger partial charge < -0.3 is 24.4 Å². The van der Waals surface area contributed by atoms with Crippen molar-refractivity contribution in [2.45, 2.75) is 25.0 Å². The molecule has 3 rings (SSSR count). The molecule has 2 aliphatic heterocycles. The van der Waals surface area contributed by atoms with E-state index in [0.29, 0.717) is 0 Å². The van der Waals surface area contributed by atoms with E-state index in [2.05, 4.69) is 10.2 Å². The number of nitrogens with zero attached hydrogens (tertiary/aromatic N) is 2. The quantitative estimate of drug-likeness (QED) is 0.802. The first-order valence-corrected chi connectivity index (χ1v) is 9.60. The van der Waals surface area contributed by atoms with Gasteiger partial charge in [-0.2, -0.15) is 0 Å². The predicted molar refractivity (Wildman–Crippen MR) is 103 cm³/mol. The number of nitrogens with one attached hydrogen (secondary N) is 1. The summed E-state index contributed by atoms with van der Waals surface area (Å²) in [6.45, 7) is 5.65. The third kappa shape index (κ3) is 4.54. The highest BCUT2D eigenvalue weighted by Crippen LogP contribution is 2.27. The van der Waals surface area contributed by atoms with E-state index < -0.39 is 5.60 Å². The second-order valence-electron chi connectivity index (χ2n) is 7.24. The first-order valence-electron chi connectivity index (χ1n) is 9.60. The Morgan fingerprint density at radius 2 is 1.59 bits per heavy atom. The molecule has 0 aromatic heterocycles. The number of carbonyl (C=O) groups is 1. The van der Waals surface area contributed by atoms with E-state index >= 15 is 0 Å². The predicted octanol–water partition coefficient (Wildman–Crippen LogP) is 1.12. The van der Waals surface area contributed by atoms with E-state index in [1.807, 2.05) is 23.1 Å². The maximum atomic E-state index is 13.1. The Kier molecular flexibility index (Phi) is 6.57. The molecular formula is C20H31N3O4. The topological polar surface area (TPSA) is 63.3 Å². The summed E-state index contributed by atoms with van der Waals surface area (Å²) >= 11 is 0. The van der Waals surface area contributed by atoms with Crippen LogP contribution in [0.1, 0.15) is 18.4 Å². The molecule has 2 saturated heterocycles. The normalized spacial score (nSPS) is 20.3. The molecule has 0 atom stereocenters. The van der Waals surface area contributed by atoms with Crippen molar-refractivity contribution in [1.29, 1.82) is 0 Å². The Labute approximate surface area is 161 Å². The van der Waals surface area contributed by atoms with Crippen molar-refractivity contribution >= 4 is 5.91 Å². The van der Waals surface area contributed by atoms with Gasteiger partial charge in [0.2, 0.25) is 0 Å². The summed E-state index contributed by atoms with van der Waals surface area (Å²) in [6.07, 6.45) is 1.48. The van der Waals surface area contributed by atoms with Crippen LogP contribution in [0.4, 0.5) is 0 Å². The van der Waals surface area contributed by atoms with Crippen molar-refractivity contribution in [2.24, 2.45) is 0 Å². The Morgan fingerprint density at radius 3 is 2.11 bits per heavy atom. The second-order valence-corrected chi connectivity index (χ2v) is 7.24. The Balaban J connectivity index is 1.58. The highest BCUT2D eigenvalue weighted by Gasteiger charge is 2.42. The van der Waals surface area contributed by atoms with Crippen molar-refractivity contribution in [3.63, 3.8) is 0 Å². The average Bonchev–Trinajstić information content (AvgIpc) is 2.74. The lowest BCUT2D eigenvalue weighted by atomic mass is 9.90. The summed E-state index contributed by atoms with van der Waals surface area (Å²) in [5.74, 6) is 1.74. The summed E-state index contributed by atoms with van der Waals surface area (Å²) in [6, 6.07) is 5.95. The van der Waals surface area contributed by atoms with Crippen LogP contribution in [0.15, 0.2) is 18.2 Å². The van der Waals surface area contributed by atoms with Gasteiger partial charge in [-0.1, -0.05) is 0 Å². The van der Waals surface area contributed by atoms with E-state index in [0.717, 1.165) is 75.7 Å². The third-order valence-corrected chi connectivity index (χ3v) is 5.67. The van der Waals surface area contributed by atoms with Crippen LogP contribution >= 0.6 is 0 Å². The van der Waals surface area contributed by atoms with E-state index in [-0.39, 0.29) is 5.91 Å². The van der Waals surface area contributed by atoms with Gasteiger partial charge in [-0.15, -0.1) is 0 Å². The fraction of sp³-hybridized carbons (Fsp3) is 0.650. The monoisotopic (exact) mass is 377 g/mol. The Morgan fingerprint density at radius 1 is 1.00 bits per heavy atom. The summed E-state index contributed by atoms with van der Waals surface area (Å²) in [7, 11) is 4.99. The maximum absolute atomic E-state index is 13.1. The van der Waals surface area contributed by atoms with Gasteiger partial charge in [0.1, 0.15) is 17.1 Å². The lowest BCUT2D eigenvalue weighted by Crippen LogP contribution is -2.59. The zero-order chi connectivity index (χ0) is 19.3. The zero-order valence-electron chi connectivity index (χ0n) is 16.6. The number of hydrogen-bond acceptors (Lipinski definition) is 6. The Bertz CT molecular complexity index is 616. The van der Waals surface area contributed by atoms with Crippen LogP contribution < -0.4 is 14.8 Å². The molecular weight excluding hydrogens is 346 g/mol. The second kappa shape index (κ2) is 8.91. The largest absolute Gasteiger partial charge is 0.497 e. The van der Waals surface area contributed by atoms with Crippen LogP contribution in [0.5, 0.6) is 11.5 Å². The standard InChI is InChI=1S/C20H31N3O4/c1-25-17-12-16(13-18(14-17)26-2)15-22-8-10-23(11-9-22)19(24)20(27-3)4-6-21-7-5-20/h12-14,21H,4-11,15H2,1-3H3. The van der Waals surface area contributed by atoms with Crippen molar-refractivity contribution in [1.82, 2.24) is 15.1 Å². The van der Waals surface area contributed by atoms with Crippen molar-refractivity contribution in [3.8, 4) is 11.5 Å². The smallest absolute Gasteiger partial charge is 0.254 e. The molecule has 27 heavy (non-hydrogen) atoms. The molecule has 150 valence electrons.